The fraction of sp³-hybridized carbons (Fsp3) is 0.250. The zero-order valence-corrected chi connectivity index (χ0v) is 17.5. The predicted octanol–water partition coefficient (Wildman–Crippen LogP) is 3.55. The molecule has 1 aliphatic carbocycles. The Labute approximate surface area is 179 Å². The van der Waals surface area contributed by atoms with Crippen molar-refractivity contribution < 1.29 is 4.79 Å². The minimum Gasteiger partial charge on any atom is -0.324 e. The van der Waals surface area contributed by atoms with Gasteiger partial charge in [-0.05, 0) is 62.4 Å². The highest BCUT2D eigenvalue weighted by Gasteiger charge is 2.21. The molecule has 3 heterocycles. The van der Waals surface area contributed by atoms with Crippen molar-refractivity contribution in [2.45, 2.75) is 39.2 Å². The van der Waals surface area contributed by atoms with Crippen LogP contribution in [0, 0.1) is 6.92 Å². The molecule has 0 bridgehead atoms. The Bertz CT molecular complexity index is 1370. The van der Waals surface area contributed by atoms with Gasteiger partial charge in [0.1, 0.15) is 11.7 Å². The lowest BCUT2D eigenvalue weighted by Crippen LogP contribution is -2.34. The summed E-state index contributed by atoms with van der Waals surface area (Å²) in [5.41, 5.74) is 6.07. The number of aromatic nitrogens is 4. The van der Waals surface area contributed by atoms with Gasteiger partial charge in [0.05, 0.1) is 11.4 Å². The van der Waals surface area contributed by atoms with Crippen molar-refractivity contribution in [2.24, 2.45) is 0 Å². The van der Waals surface area contributed by atoms with E-state index in [1.165, 1.54) is 4.68 Å². The number of pyridine rings is 1. The van der Waals surface area contributed by atoms with Crippen LogP contribution in [0.15, 0.2) is 59.7 Å². The van der Waals surface area contributed by atoms with Crippen molar-refractivity contribution in [3.05, 3.63) is 82.0 Å². The van der Waals surface area contributed by atoms with E-state index < -0.39 is 6.04 Å². The van der Waals surface area contributed by atoms with Crippen LogP contribution in [0.25, 0.3) is 16.9 Å². The van der Waals surface area contributed by atoms with E-state index in [0.717, 1.165) is 53.0 Å². The lowest BCUT2D eigenvalue weighted by Gasteiger charge is -2.15. The van der Waals surface area contributed by atoms with Crippen LogP contribution in [0.5, 0.6) is 0 Å². The van der Waals surface area contributed by atoms with Crippen molar-refractivity contribution in [1.29, 1.82) is 0 Å². The fourth-order valence-electron chi connectivity index (χ4n) is 4.10. The van der Waals surface area contributed by atoms with Gasteiger partial charge < -0.3 is 9.72 Å². The average molecular weight is 413 g/mol. The summed E-state index contributed by atoms with van der Waals surface area (Å²) < 4.78 is 3.28. The first-order chi connectivity index (χ1) is 15.0. The number of benzene rings is 1. The summed E-state index contributed by atoms with van der Waals surface area (Å²) in [5, 5.41) is 7.36. The molecule has 1 amide bonds. The van der Waals surface area contributed by atoms with E-state index in [-0.39, 0.29) is 11.5 Å². The third kappa shape index (κ3) is 3.52. The molecule has 7 nitrogen and oxygen atoms in total. The second-order valence-electron chi connectivity index (χ2n) is 8.05. The molecule has 1 N–H and O–H groups in total. The summed E-state index contributed by atoms with van der Waals surface area (Å²) in [6, 6.07) is 12.5. The number of hydrogen-bond acceptors (Lipinski definition) is 4. The van der Waals surface area contributed by atoms with Gasteiger partial charge in [-0.1, -0.05) is 18.2 Å². The molecule has 0 saturated carbocycles. The second-order valence-corrected chi connectivity index (χ2v) is 8.05. The Balaban J connectivity index is 1.40. The van der Waals surface area contributed by atoms with Gasteiger partial charge in [-0.15, -0.1) is 0 Å². The molecule has 156 valence electrons. The van der Waals surface area contributed by atoms with E-state index in [4.69, 9.17) is 4.98 Å². The monoisotopic (exact) mass is 413 g/mol. The maximum absolute atomic E-state index is 12.9. The topological polar surface area (TPSA) is 81.3 Å². The first-order valence-electron chi connectivity index (χ1n) is 10.5. The third-order valence-electron chi connectivity index (χ3n) is 5.83. The first-order valence-corrected chi connectivity index (χ1v) is 10.5. The Hall–Kier alpha value is -3.74. The van der Waals surface area contributed by atoms with Crippen LogP contribution >= 0.6 is 0 Å². The highest BCUT2D eigenvalue weighted by atomic mass is 16.2. The van der Waals surface area contributed by atoms with E-state index in [1.54, 1.807) is 13.0 Å². The van der Waals surface area contributed by atoms with Gasteiger partial charge in [0.25, 0.3) is 5.56 Å². The summed E-state index contributed by atoms with van der Waals surface area (Å²) in [5.74, 6) is -0.282. The first kappa shape index (κ1) is 19.2. The number of nitrogens with zero attached hydrogens (tertiary/aromatic N) is 4. The molecule has 0 spiro atoms. The molecule has 0 radical (unpaired) electrons. The standard InChI is InChI=1S/C24H23N5O2/c1-15-6-5-11-28-14-21(26-23(15)28)17-7-3-9-19(12-17)25-24(31)16(2)29-22(30)13-18-8-4-10-20(18)27-29/h3,5-7,9,11-14,16H,4,8,10H2,1-2H3,(H,25,31). The number of carbonyl (C=O) groups excluding carboxylic acids is 1. The molecular formula is C24H23N5O2. The molecule has 1 aliphatic rings. The van der Waals surface area contributed by atoms with E-state index in [2.05, 4.69) is 10.4 Å². The summed E-state index contributed by atoms with van der Waals surface area (Å²) in [4.78, 5) is 30.0. The van der Waals surface area contributed by atoms with Crippen LogP contribution in [0.1, 0.15) is 36.2 Å². The van der Waals surface area contributed by atoms with Crippen molar-refractivity contribution in [3.63, 3.8) is 0 Å². The van der Waals surface area contributed by atoms with Crippen LogP contribution < -0.4 is 10.9 Å². The quantitative estimate of drug-likeness (QED) is 0.555. The molecule has 0 saturated heterocycles. The summed E-state index contributed by atoms with van der Waals surface area (Å²) >= 11 is 0. The largest absolute Gasteiger partial charge is 0.324 e. The fourth-order valence-corrected chi connectivity index (χ4v) is 4.10. The number of carbonyl (C=O) groups is 1. The summed E-state index contributed by atoms with van der Waals surface area (Å²) in [7, 11) is 0. The average Bonchev–Trinajstić information content (AvgIpc) is 3.40. The lowest BCUT2D eigenvalue weighted by molar-refractivity contribution is -0.119. The number of amides is 1. The van der Waals surface area contributed by atoms with Gasteiger partial charge >= 0.3 is 0 Å². The predicted molar refractivity (Wildman–Crippen MR) is 119 cm³/mol. The van der Waals surface area contributed by atoms with E-state index in [1.807, 2.05) is 60.1 Å². The van der Waals surface area contributed by atoms with Crippen molar-refractivity contribution >= 4 is 17.2 Å². The molecule has 0 fully saturated rings. The molecule has 1 atom stereocenters. The Morgan fingerprint density at radius 1 is 1.16 bits per heavy atom. The van der Waals surface area contributed by atoms with Crippen LogP contribution in [0.2, 0.25) is 0 Å². The van der Waals surface area contributed by atoms with Crippen molar-refractivity contribution in [1.82, 2.24) is 19.2 Å². The Morgan fingerprint density at radius 3 is 2.87 bits per heavy atom. The molecule has 0 aliphatic heterocycles. The molecule has 1 unspecified atom stereocenters. The molecule has 5 rings (SSSR count). The maximum atomic E-state index is 12.9. The third-order valence-corrected chi connectivity index (χ3v) is 5.83. The van der Waals surface area contributed by atoms with E-state index in [0.29, 0.717) is 5.69 Å². The summed E-state index contributed by atoms with van der Waals surface area (Å²) in [6.45, 7) is 3.72. The molecule has 7 heteroatoms. The van der Waals surface area contributed by atoms with Crippen LogP contribution in [0.3, 0.4) is 0 Å². The van der Waals surface area contributed by atoms with Crippen LogP contribution in [-0.2, 0) is 17.6 Å². The molecule has 1 aromatic carbocycles. The minimum atomic E-state index is -0.708. The normalized spacial score (nSPS) is 13.9. The number of hydrogen-bond donors (Lipinski definition) is 1. The minimum absolute atomic E-state index is 0.239. The smallest absolute Gasteiger partial charge is 0.267 e. The van der Waals surface area contributed by atoms with Gasteiger partial charge in [-0.2, -0.15) is 5.10 Å². The zero-order chi connectivity index (χ0) is 21.5. The van der Waals surface area contributed by atoms with Gasteiger partial charge in [0, 0.05) is 29.7 Å². The van der Waals surface area contributed by atoms with Gasteiger partial charge in [0.2, 0.25) is 5.91 Å². The molecule has 31 heavy (non-hydrogen) atoms. The number of anilines is 1. The molecule has 3 aromatic heterocycles. The summed E-state index contributed by atoms with van der Waals surface area (Å²) in [6.07, 6.45) is 6.67. The number of rotatable bonds is 4. The zero-order valence-electron chi connectivity index (χ0n) is 17.5. The number of aryl methyl sites for hydroxylation is 3. The number of imidazole rings is 1. The molecular weight excluding hydrogens is 390 g/mol. The number of nitrogens with one attached hydrogen (secondary N) is 1. The molecule has 4 aromatic rings. The Morgan fingerprint density at radius 2 is 2.03 bits per heavy atom. The van der Waals surface area contributed by atoms with Gasteiger partial charge in [0.15, 0.2) is 0 Å². The highest BCUT2D eigenvalue weighted by molar-refractivity contribution is 5.94. The van der Waals surface area contributed by atoms with Gasteiger partial charge in [-0.3, -0.25) is 9.59 Å². The highest BCUT2D eigenvalue weighted by Crippen LogP contribution is 2.24. The van der Waals surface area contributed by atoms with E-state index in [9.17, 15) is 9.59 Å². The van der Waals surface area contributed by atoms with Gasteiger partial charge in [-0.25, -0.2) is 9.67 Å². The lowest BCUT2D eigenvalue weighted by atomic mass is 10.1. The van der Waals surface area contributed by atoms with Crippen LogP contribution in [-0.4, -0.2) is 25.1 Å². The SMILES string of the molecule is Cc1cccn2cc(-c3cccc(NC(=O)C(C)n4nc5c(cc4=O)CCC5)c3)nc12. The van der Waals surface area contributed by atoms with Crippen molar-refractivity contribution in [2.75, 3.05) is 5.32 Å². The Kier molecular flexibility index (Phi) is 4.66. The van der Waals surface area contributed by atoms with E-state index >= 15 is 0 Å². The number of fused-ring (bicyclic) bond motifs is 2. The van der Waals surface area contributed by atoms with Crippen LogP contribution in [0.4, 0.5) is 5.69 Å². The second kappa shape index (κ2) is 7.50. The van der Waals surface area contributed by atoms with Crippen molar-refractivity contribution in [3.8, 4) is 11.3 Å². The maximum Gasteiger partial charge on any atom is 0.267 e.